The van der Waals surface area contributed by atoms with Gasteiger partial charge in [0.2, 0.25) is 0 Å². The molecule has 0 radical (unpaired) electrons. The number of carbonyl (C=O) groups is 2. The molecule has 5 heteroatoms. The Balaban J connectivity index is 2.78. The Kier molecular flexibility index (Phi) is 5.77. The Hall–Kier alpha value is -2.30. The summed E-state index contributed by atoms with van der Waals surface area (Å²) in [4.78, 5) is 24.4. The molecule has 0 heterocycles. The minimum atomic E-state index is -1.06. The molecule has 0 fully saturated rings. The van der Waals surface area contributed by atoms with E-state index in [2.05, 4.69) is 11.9 Å². The molecule has 0 aliphatic rings. The molecule has 0 aromatic heterocycles. The zero-order valence-corrected chi connectivity index (χ0v) is 11.8. The zero-order valence-electron chi connectivity index (χ0n) is 11.8. The van der Waals surface area contributed by atoms with Gasteiger partial charge < -0.3 is 15.3 Å². The Bertz CT molecular complexity index is 500. The van der Waals surface area contributed by atoms with Crippen molar-refractivity contribution in [3.8, 4) is 0 Å². The van der Waals surface area contributed by atoms with Gasteiger partial charge >= 0.3 is 12.0 Å². The topological polar surface area (TPSA) is 69.6 Å². The highest BCUT2D eigenvalue weighted by Gasteiger charge is 2.19. The standard InChI is InChI=1S/C15H20N2O3/c1-4-9-17(15(20)16-12(3)14(18)19)10-13-8-6-5-7-11(13)2/h4-8,12H,1,9-10H2,2-3H3,(H,16,20)(H,18,19). The van der Waals surface area contributed by atoms with Gasteiger partial charge in [0.25, 0.3) is 0 Å². The van der Waals surface area contributed by atoms with Crippen molar-refractivity contribution in [2.24, 2.45) is 0 Å². The van der Waals surface area contributed by atoms with Crippen molar-refractivity contribution in [1.82, 2.24) is 10.2 Å². The number of hydrogen-bond acceptors (Lipinski definition) is 2. The monoisotopic (exact) mass is 276 g/mol. The van der Waals surface area contributed by atoms with Gasteiger partial charge in [-0.3, -0.25) is 4.79 Å². The van der Waals surface area contributed by atoms with Crippen LogP contribution in [0.25, 0.3) is 0 Å². The molecule has 0 aliphatic carbocycles. The Labute approximate surface area is 118 Å². The average Bonchev–Trinajstić information content (AvgIpc) is 2.40. The maximum absolute atomic E-state index is 12.1. The second-order valence-electron chi connectivity index (χ2n) is 4.61. The number of rotatable bonds is 6. The maximum Gasteiger partial charge on any atom is 0.325 e. The van der Waals surface area contributed by atoms with E-state index in [4.69, 9.17) is 5.11 Å². The maximum atomic E-state index is 12.1. The molecule has 1 rings (SSSR count). The molecule has 108 valence electrons. The molecule has 2 N–H and O–H groups in total. The summed E-state index contributed by atoms with van der Waals surface area (Å²) < 4.78 is 0. The van der Waals surface area contributed by atoms with Crippen molar-refractivity contribution in [1.29, 1.82) is 0 Å². The number of aryl methyl sites for hydroxylation is 1. The number of aliphatic carboxylic acids is 1. The highest BCUT2D eigenvalue weighted by molar-refractivity contribution is 5.82. The van der Waals surface area contributed by atoms with Crippen LogP contribution < -0.4 is 5.32 Å². The van der Waals surface area contributed by atoms with Gasteiger partial charge in [-0.15, -0.1) is 6.58 Å². The number of urea groups is 1. The minimum Gasteiger partial charge on any atom is -0.480 e. The molecule has 2 amide bonds. The van der Waals surface area contributed by atoms with E-state index in [0.717, 1.165) is 11.1 Å². The van der Waals surface area contributed by atoms with E-state index in [-0.39, 0.29) is 0 Å². The van der Waals surface area contributed by atoms with Gasteiger partial charge in [-0.25, -0.2) is 4.79 Å². The number of carboxylic acids is 1. The van der Waals surface area contributed by atoms with Gasteiger partial charge in [0, 0.05) is 13.1 Å². The lowest BCUT2D eigenvalue weighted by atomic mass is 10.1. The van der Waals surface area contributed by atoms with E-state index < -0.39 is 18.0 Å². The SMILES string of the molecule is C=CCN(Cc1ccccc1C)C(=O)NC(C)C(=O)O. The Morgan fingerprint density at radius 1 is 1.45 bits per heavy atom. The van der Waals surface area contributed by atoms with Crippen LogP contribution in [0.2, 0.25) is 0 Å². The summed E-state index contributed by atoms with van der Waals surface area (Å²) in [6, 6.07) is 6.42. The van der Waals surface area contributed by atoms with Crippen LogP contribution in [0, 0.1) is 6.92 Å². The van der Waals surface area contributed by atoms with E-state index in [9.17, 15) is 9.59 Å². The number of nitrogens with zero attached hydrogens (tertiary/aromatic N) is 1. The molecule has 0 saturated carbocycles. The first-order chi connectivity index (χ1) is 9.45. The smallest absolute Gasteiger partial charge is 0.325 e. The van der Waals surface area contributed by atoms with Crippen molar-refractivity contribution in [2.45, 2.75) is 26.4 Å². The summed E-state index contributed by atoms with van der Waals surface area (Å²) >= 11 is 0. The molecule has 20 heavy (non-hydrogen) atoms. The molecule has 0 saturated heterocycles. The summed E-state index contributed by atoms with van der Waals surface area (Å²) in [6.07, 6.45) is 1.61. The fraction of sp³-hybridized carbons (Fsp3) is 0.333. The highest BCUT2D eigenvalue weighted by Crippen LogP contribution is 2.10. The van der Waals surface area contributed by atoms with Gasteiger partial charge in [0.1, 0.15) is 6.04 Å². The van der Waals surface area contributed by atoms with Gasteiger partial charge in [-0.1, -0.05) is 30.3 Å². The van der Waals surface area contributed by atoms with Crippen LogP contribution in [-0.4, -0.2) is 34.6 Å². The lowest BCUT2D eigenvalue weighted by Gasteiger charge is -2.23. The molecule has 1 atom stereocenters. The van der Waals surface area contributed by atoms with E-state index in [1.165, 1.54) is 11.8 Å². The Morgan fingerprint density at radius 2 is 2.10 bits per heavy atom. The third kappa shape index (κ3) is 4.42. The quantitative estimate of drug-likeness (QED) is 0.782. The first-order valence-corrected chi connectivity index (χ1v) is 6.39. The summed E-state index contributed by atoms with van der Waals surface area (Å²) in [6.45, 7) is 7.79. The number of benzene rings is 1. The molecule has 0 aliphatic heterocycles. The number of amides is 2. The average molecular weight is 276 g/mol. The number of nitrogens with one attached hydrogen (secondary N) is 1. The lowest BCUT2D eigenvalue weighted by Crippen LogP contribution is -2.46. The van der Waals surface area contributed by atoms with Crippen LogP contribution in [0.15, 0.2) is 36.9 Å². The van der Waals surface area contributed by atoms with Crippen LogP contribution >= 0.6 is 0 Å². The number of carbonyl (C=O) groups excluding carboxylic acids is 1. The highest BCUT2D eigenvalue weighted by atomic mass is 16.4. The molecule has 1 unspecified atom stereocenters. The van der Waals surface area contributed by atoms with Crippen molar-refractivity contribution in [3.05, 3.63) is 48.0 Å². The molecular formula is C15H20N2O3. The Morgan fingerprint density at radius 3 is 2.65 bits per heavy atom. The lowest BCUT2D eigenvalue weighted by molar-refractivity contribution is -0.138. The van der Waals surface area contributed by atoms with Gasteiger partial charge in [-0.05, 0) is 25.0 Å². The van der Waals surface area contributed by atoms with Gasteiger partial charge in [-0.2, -0.15) is 0 Å². The predicted octanol–water partition coefficient (Wildman–Crippen LogP) is 2.17. The summed E-state index contributed by atoms with van der Waals surface area (Å²) in [5.74, 6) is -1.06. The molecule has 0 spiro atoms. The van der Waals surface area contributed by atoms with E-state index >= 15 is 0 Å². The summed E-state index contributed by atoms with van der Waals surface area (Å²) in [5.41, 5.74) is 2.10. The normalized spacial score (nSPS) is 11.5. The second kappa shape index (κ2) is 7.33. The number of carboxylic acid groups (broad SMARTS) is 1. The minimum absolute atomic E-state index is 0.354. The van der Waals surface area contributed by atoms with Crippen molar-refractivity contribution in [3.63, 3.8) is 0 Å². The van der Waals surface area contributed by atoms with E-state index in [1.54, 1.807) is 6.08 Å². The molecule has 1 aromatic carbocycles. The summed E-state index contributed by atoms with van der Waals surface area (Å²) in [5, 5.41) is 11.3. The predicted molar refractivity (Wildman–Crippen MR) is 77.4 cm³/mol. The summed E-state index contributed by atoms with van der Waals surface area (Å²) in [7, 11) is 0. The van der Waals surface area contributed by atoms with Crippen LogP contribution in [0.5, 0.6) is 0 Å². The largest absolute Gasteiger partial charge is 0.480 e. The third-order valence-corrected chi connectivity index (χ3v) is 2.97. The molecular weight excluding hydrogens is 256 g/mol. The van der Waals surface area contributed by atoms with E-state index in [0.29, 0.717) is 13.1 Å². The second-order valence-corrected chi connectivity index (χ2v) is 4.61. The van der Waals surface area contributed by atoms with Crippen molar-refractivity contribution in [2.75, 3.05) is 6.54 Å². The third-order valence-electron chi connectivity index (χ3n) is 2.97. The molecule has 0 bridgehead atoms. The van der Waals surface area contributed by atoms with E-state index in [1.807, 2.05) is 31.2 Å². The fourth-order valence-corrected chi connectivity index (χ4v) is 1.71. The first kappa shape index (κ1) is 15.8. The van der Waals surface area contributed by atoms with Crippen LogP contribution in [0.1, 0.15) is 18.1 Å². The van der Waals surface area contributed by atoms with Gasteiger partial charge in [0.15, 0.2) is 0 Å². The number of hydrogen-bond donors (Lipinski definition) is 2. The van der Waals surface area contributed by atoms with Crippen LogP contribution in [-0.2, 0) is 11.3 Å². The zero-order chi connectivity index (χ0) is 15.1. The molecule has 5 nitrogen and oxygen atoms in total. The van der Waals surface area contributed by atoms with Crippen molar-refractivity contribution < 1.29 is 14.7 Å². The van der Waals surface area contributed by atoms with Crippen molar-refractivity contribution >= 4 is 12.0 Å². The van der Waals surface area contributed by atoms with Crippen LogP contribution in [0.4, 0.5) is 4.79 Å². The first-order valence-electron chi connectivity index (χ1n) is 6.39. The van der Waals surface area contributed by atoms with Crippen LogP contribution in [0.3, 0.4) is 0 Å². The van der Waals surface area contributed by atoms with Gasteiger partial charge in [0.05, 0.1) is 0 Å². The molecule has 1 aromatic rings. The fourth-order valence-electron chi connectivity index (χ4n) is 1.71.